The average molecular weight is 382 g/mol. The Hall–Kier alpha value is -2.69. The molecule has 3 aromatic rings. The van der Waals surface area contributed by atoms with Crippen molar-refractivity contribution in [1.82, 2.24) is 10.2 Å². The quantitative estimate of drug-likeness (QED) is 0.551. The van der Waals surface area contributed by atoms with E-state index in [0.717, 1.165) is 5.56 Å². The Morgan fingerprint density at radius 2 is 1.43 bits per heavy atom. The Morgan fingerprint density at radius 1 is 0.857 bits per heavy atom. The maximum Gasteiger partial charge on any atom is 0.254 e. The number of hydrogen-bond donors (Lipinski definition) is 0. The summed E-state index contributed by atoms with van der Waals surface area (Å²) in [6, 6.07) is 12.3. The third-order valence-electron chi connectivity index (χ3n) is 4.55. The molecule has 3 rings (SSSR count). The normalized spacial score (nSPS) is 12.2. The fourth-order valence-corrected chi connectivity index (χ4v) is 2.72. The van der Waals surface area contributed by atoms with Crippen molar-refractivity contribution < 1.29 is 13.5 Å². The highest BCUT2D eigenvalue weighted by Crippen LogP contribution is 2.33. The van der Waals surface area contributed by atoms with Gasteiger partial charge in [0.2, 0.25) is 5.89 Å². The van der Waals surface area contributed by atoms with Crippen LogP contribution in [0.1, 0.15) is 58.6 Å². The number of hydrogen-bond acceptors (Lipinski definition) is 4. The highest BCUT2D eigenvalue weighted by atomic mass is 19.1. The van der Waals surface area contributed by atoms with Crippen molar-refractivity contribution in [3.63, 3.8) is 0 Å². The van der Waals surface area contributed by atoms with Gasteiger partial charge in [0.05, 0.1) is 0 Å². The molecule has 0 saturated carbocycles. The maximum absolute atomic E-state index is 13.0. The standard InChI is InChI=1S/C23H27FN2O2/c1-22(2,3)16-11-15(12-17(13-16)23(4,5)6)21-26-25-20(28-21)14-27-19-9-7-18(24)8-10-19/h7-13H,14H2,1-6H3. The molecule has 28 heavy (non-hydrogen) atoms. The summed E-state index contributed by atoms with van der Waals surface area (Å²) in [5.41, 5.74) is 3.35. The molecular formula is C23H27FN2O2. The molecule has 4 nitrogen and oxygen atoms in total. The van der Waals surface area contributed by atoms with E-state index in [1.807, 2.05) is 0 Å². The third kappa shape index (κ3) is 4.77. The molecule has 0 saturated heterocycles. The first-order valence-electron chi connectivity index (χ1n) is 9.39. The second-order valence-corrected chi connectivity index (χ2v) is 9.04. The molecule has 0 aliphatic rings. The van der Waals surface area contributed by atoms with E-state index in [-0.39, 0.29) is 23.3 Å². The molecule has 1 heterocycles. The number of halogens is 1. The van der Waals surface area contributed by atoms with Crippen molar-refractivity contribution >= 4 is 0 Å². The highest BCUT2D eigenvalue weighted by molar-refractivity contribution is 5.57. The molecule has 0 bridgehead atoms. The van der Waals surface area contributed by atoms with Crippen LogP contribution in [-0.4, -0.2) is 10.2 Å². The van der Waals surface area contributed by atoms with E-state index >= 15 is 0 Å². The molecule has 0 N–H and O–H groups in total. The van der Waals surface area contributed by atoms with Crippen molar-refractivity contribution in [2.45, 2.75) is 59.0 Å². The molecule has 1 aromatic heterocycles. The van der Waals surface area contributed by atoms with Gasteiger partial charge in [-0.2, -0.15) is 0 Å². The van der Waals surface area contributed by atoms with Gasteiger partial charge in [-0.3, -0.25) is 0 Å². The van der Waals surface area contributed by atoms with Gasteiger partial charge >= 0.3 is 0 Å². The van der Waals surface area contributed by atoms with Crippen LogP contribution in [0.2, 0.25) is 0 Å². The summed E-state index contributed by atoms with van der Waals surface area (Å²) in [6.45, 7) is 13.3. The molecule has 148 valence electrons. The summed E-state index contributed by atoms with van der Waals surface area (Å²) in [7, 11) is 0. The fourth-order valence-electron chi connectivity index (χ4n) is 2.72. The first-order valence-corrected chi connectivity index (χ1v) is 9.39. The number of benzene rings is 2. The summed E-state index contributed by atoms with van der Waals surface area (Å²) < 4.78 is 24.4. The van der Waals surface area contributed by atoms with E-state index in [1.165, 1.54) is 23.3 Å². The van der Waals surface area contributed by atoms with Gasteiger partial charge in [-0.05, 0) is 58.4 Å². The first-order chi connectivity index (χ1) is 13.0. The van der Waals surface area contributed by atoms with Crippen LogP contribution in [0.25, 0.3) is 11.5 Å². The Balaban J connectivity index is 1.86. The van der Waals surface area contributed by atoms with Crippen LogP contribution < -0.4 is 4.74 Å². The smallest absolute Gasteiger partial charge is 0.254 e. The summed E-state index contributed by atoms with van der Waals surface area (Å²) in [5, 5.41) is 8.30. The second kappa shape index (κ2) is 7.38. The maximum atomic E-state index is 13.0. The van der Waals surface area contributed by atoms with E-state index in [0.29, 0.717) is 17.5 Å². The van der Waals surface area contributed by atoms with Crippen LogP contribution >= 0.6 is 0 Å². The minimum atomic E-state index is -0.305. The summed E-state index contributed by atoms with van der Waals surface area (Å²) in [6.07, 6.45) is 0. The molecule has 2 aromatic carbocycles. The fraction of sp³-hybridized carbons (Fsp3) is 0.391. The third-order valence-corrected chi connectivity index (χ3v) is 4.55. The minimum absolute atomic E-state index is 0.00452. The SMILES string of the molecule is CC(C)(C)c1cc(-c2nnc(COc3ccc(F)cc3)o2)cc(C(C)(C)C)c1. The second-order valence-electron chi connectivity index (χ2n) is 9.04. The van der Waals surface area contributed by atoms with Gasteiger partial charge in [0, 0.05) is 5.56 Å². The van der Waals surface area contributed by atoms with Gasteiger partial charge in [0.1, 0.15) is 11.6 Å². The lowest BCUT2D eigenvalue weighted by molar-refractivity contribution is 0.264. The Kier molecular flexibility index (Phi) is 5.28. The lowest BCUT2D eigenvalue weighted by atomic mass is 9.79. The molecule has 0 aliphatic heterocycles. The van der Waals surface area contributed by atoms with Crippen molar-refractivity contribution in [2.75, 3.05) is 0 Å². The Bertz CT molecular complexity index is 916. The van der Waals surface area contributed by atoms with Gasteiger partial charge < -0.3 is 9.15 Å². The number of ether oxygens (including phenoxy) is 1. The topological polar surface area (TPSA) is 48.2 Å². The molecule has 0 unspecified atom stereocenters. The van der Waals surface area contributed by atoms with E-state index in [9.17, 15) is 4.39 Å². The summed E-state index contributed by atoms with van der Waals surface area (Å²) in [4.78, 5) is 0. The molecular weight excluding hydrogens is 355 g/mol. The van der Waals surface area contributed by atoms with E-state index in [1.54, 1.807) is 12.1 Å². The van der Waals surface area contributed by atoms with Gasteiger partial charge in [-0.1, -0.05) is 47.6 Å². The van der Waals surface area contributed by atoms with Crippen molar-refractivity contribution in [2.24, 2.45) is 0 Å². The lowest BCUT2D eigenvalue weighted by Gasteiger charge is -2.25. The lowest BCUT2D eigenvalue weighted by Crippen LogP contribution is -2.16. The predicted molar refractivity (Wildman–Crippen MR) is 108 cm³/mol. The van der Waals surface area contributed by atoms with E-state index in [4.69, 9.17) is 9.15 Å². The van der Waals surface area contributed by atoms with Crippen LogP contribution in [0, 0.1) is 5.82 Å². The van der Waals surface area contributed by atoms with Crippen LogP contribution in [0.3, 0.4) is 0 Å². The Morgan fingerprint density at radius 3 is 1.96 bits per heavy atom. The number of rotatable bonds is 4. The minimum Gasteiger partial charge on any atom is -0.484 e. The summed E-state index contributed by atoms with van der Waals surface area (Å²) in [5.74, 6) is 1.08. The number of nitrogens with zero attached hydrogens (tertiary/aromatic N) is 2. The van der Waals surface area contributed by atoms with Gasteiger partial charge in [0.25, 0.3) is 5.89 Å². The summed E-state index contributed by atoms with van der Waals surface area (Å²) >= 11 is 0. The van der Waals surface area contributed by atoms with Gasteiger partial charge in [-0.25, -0.2) is 4.39 Å². The van der Waals surface area contributed by atoms with E-state index in [2.05, 4.69) is 69.9 Å². The van der Waals surface area contributed by atoms with Gasteiger partial charge in [-0.15, -0.1) is 10.2 Å². The monoisotopic (exact) mass is 382 g/mol. The molecule has 5 heteroatoms. The molecule has 0 fully saturated rings. The van der Waals surface area contributed by atoms with Crippen molar-refractivity contribution in [1.29, 1.82) is 0 Å². The van der Waals surface area contributed by atoms with Crippen LogP contribution in [0.5, 0.6) is 5.75 Å². The predicted octanol–water partition coefficient (Wildman–Crippen LogP) is 6.05. The zero-order chi connectivity index (χ0) is 20.5. The van der Waals surface area contributed by atoms with Crippen molar-refractivity contribution in [3.8, 4) is 17.2 Å². The highest BCUT2D eigenvalue weighted by Gasteiger charge is 2.22. The van der Waals surface area contributed by atoms with Crippen LogP contribution in [0.15, 0.2) is 46.9 Å². The Labute approximate surface area is 165 Å². The first kappa shape index (κ1) is 20.1. The molecule has 0 spiro atoms. The molecule has 0 radical (unpaired) electrons. The largest absolute Gasteiger partial charge is 0.484 e. The van der Waals surface area contributed by atoms with Crippen molar-refractivity contribution in [3.05, 3.63) is 65.3 Å². The molecule has 0 aliphatic carbocycles. The van der Waals surface area contributed by atoms with Crippen LogP contribution in [-0.2, 0) is 17.4 Å². The number of aromatic nitrogens is 2. The van der Waals surface area contributed by atoms with E-state index < -0.39 is 0 Å². The average Bonchev–Trinajstić information content (AvgIpc) is 3.08. The zero-order valence-electron chi connectivity index (χ0n) is 17.3. The van der Waals surface area contributed by atoms with Crippen LogP contribution in [0.4, 0.5) is 4.39 Å². The zero-order valence-corrected chi connectivity index (χ0v) is 17.3. The van der Waals surface area contributed by atoms with Gasteiger partial charge in [0.15, 0.2) is 6.61 Å². The molecule has 0 atom stereocenters. The molecule has 0 amide bonds.